The molecule has 0 fully saturated rings. The molecule has 1 unspecified atom stereocenters. The summed E-state index contributed by atoms with van der Waals surface area (Å²) < 4.78 is 0. The van der Waals surface area contributed by atoms with Crippen molar-refractivity contribution in [2.75, 3.05) is 0 Å². The molecule has 84 valence electrons. The molecule has 1 aliphatic heterocycles. The normalized spacial score (nSPS) is 24.0. The lowest BCUT2D eigenvalue weighted by Crippen LogP contribution is -2.19. The van der Waals surface area contributed by atoms with Gasteiger partial charge in [0.15, 0.2) is 0 Å². The number of hydrogen-bond donors (Lipinski definition) is 0. The van der Waals surface area contributed by atoms with Crippen LogP contribution in [-0.4, -0.2) is 12.6 Å². The first-order valence-corrected chi connectivity index (χ1v) is 5.61. The van der Waals surface area contributed by atoms with Gasteiger partial charge >= 0.3 is 0 Å². The Kier molecular flexibility index (Phi) is 2.45. The van der Waals surface area contributed by atoms with Crippen LogP contribution in [0.5, 0.6) is 0 Å². The van der Waals surface area contributed by atoms with Gasteiger partial charge in [-0.25, -0.2) is 4.99 Å². The maximum Gasteiger partial charge on any atom is 0.120 e. The van der Waals surface area contributed by atoms with E-state index in [0.717, 1.165) is 0 Å². The molecular weight excluding hydrogens is 196 g/mol. The molecule has 1 heterocycles. The fraction of sp³-hybridized carbons (Fsp3) is 0.429. The van der Waals surface area contributed by atoms with E-state index >= 15 is 0 Å². The van der Waals surface area contributed by atoms with Crippen molar-refractivity contribution in [2.45, 2.75) is 38.6 Å². The lowest BCUT2D eigenvalue weighted by Gasteiger charge is -2.22. The van der Waals surface area contributed by atoms with Gasteiger partial charge in [-0.05, 0) is 23.5 Å². The molecule has 1 aliphatic rings. The average molecular weight is 214 g/mol. The first-order valence-electron chi connectivity index (χ1n) is 5.61. The molecule has 0 saturated heterocycles. The molecule has 0 radical (unpaired) electrons. The fourth-order valence-corrected chi connectivity index (χ4v) is 1.82. The van der Waals surface area contributed by atoms with Crippen molar-refractivity contribution in [3.63, 3.8) is 0 Å². The Hall–Kier alpha value is -1.44. The molecule has 0 aliphatic carbocycles. The highest BCUT2D eigenvalue weighted by Gasteiger charge is 2.25. The van der Waals surface area contributed by atoms with E-state index in [2.05, 4.69) is 61.9 Å². The van der Waals surface area contributed by atoms with E-state index < -0.39 is 0 Å². The summed E-state index contributed by atoms with van der Waals surface area (Å²) in [4.78, 5) is 8.45. The van der Waals surface area contributed by atoms with Crippen LogP contribution in [0.1, 0.15) is 38.8 Å². The van der Waals surface area contributed by atoms with Crippen molar-refractivity contribution < 1.29 is 0 Å². The minimum Gasteiger partial charge on any atom is -0.257 e. The second-order valence-electron chi connectivity index (χ2n) is 5.50. The minimum atomic E-state index is -0.267. The summed E-state index contributed by atoms with van der Waals surface area (Å²) in [5.74, 6) is 0. The second kappa shape index (κ2) is 3.55. The molecule has 2 nitrogen and oxygen atoms in total. The lowest BCUT2D eigenvalue weighted by molar-refractivity contribution is 0.589. The maximum atomic E-state index is 4.38. The molecule has 1 aromatic rings. The summed E-state index contributed by atoms with van der Waals surface area (Å²) in [5, 5.41) is 0. The van der Waals surface area contributed by atoms with Crippen LogP contribution in [0.3, 0.4) is 0 Å². The van der Waals surface area contributed by atoms with Gasteiger partial charge in [-0.1, -0.05) is 45.0 Å². The highest BCUT2D eigenvalue weighted by Crippen LogP contribution is 2.28. The van der Waals surface area contributed by atoms with Gasteiger partial charge in [0.25, 0.3) is 0 Å². The van der Waals surface area contributed by atoms with Crippen molar-refractivity contribution >= 4 is 12.6 Å². The van der Waals surface area contributed by atoms with E-state index in [1.807, 2.05) is 6.21 Å². The van der Waals surface area contributed by atoms with Crippen molar-refractivity contribution in [1.29, 1.82) is 0 Å². The molecule has 0 N–H and O–H groups in total. The minimum absolute atomic E-state index is 0.201. The SMILES string of the molecule is CC(C)(C)c1ccc(C2(C)C=NC=N2)cc1. The van der Waals surface area contributed by atoms with Crippen LogP contribution >= 0.6 is 0 Å². The number of nitrogens with zero attached hydrogens (tertiary/aromatic N) is 2. The van der Waals surface area contributed by atoms with Gasteiger partial charge in [-0.3, -0.25) is 4.99 Å². The molecular formula is C14H18N2. The highest BCUT2D eigenvalue weighted by atomic mass is 15.0. The highest BCUT2D eigenvalue weighted by molar-refractivity contribution is 5.86. The van der Waals surface area contributed by atoms with Crippen LogP contribution < -0.4 is 0 Å². The van der Waals surface area contributed by atoms with Crippen molar-refractivity contribution in [1.82, 2.24) is 0 Å². The van der Waals surface area contributed by atoms with E-state index in [0.29, 0.717) is 0 Å². The van der Waals surface area contributed by atoms with Gasteiger partial charge in [-0.2, -0.15) is 0 Å². The first kappa shape index (κ1) is 11.1. The molecule has 0 spiro atoms. The van der Waals surface area contributed by atoms with Gasteiger partial charge in [0.05, 0.1) is 0 Å². The summed E-state index contributed by atoms with van der Waals surface area (Å²) >= 11 is 0. The van der Waals surface area contributed by atoms with Crippen molar-refractivity contribution in [2.24, 2.45) is 9.98 Å². The zero-order valence-corrected chi connectivity index (χ0v) is 10.4. The van der Waals surface area contributed by atoms with Crippen LogP contribution in [-0.2, 0) is 11.0 Å². The molecule has 2 rings (SSSR count). The van der Waals surface area contributed by atoms with Crippen LogP contribution in [0.15, 0.2) is 34.3 Å². The van der Waals surface area contributed by atoms with E-state index in [1.165, 1.54) is 11.1 Å². The zero-order chi connectivity index (χ0) is 11.8. The van der Waals surface area contributed by atoms with Crippen LogP contribution in [0, 0.1) is 0 Å². The third kappa shape index (κ3) is 1.92. The van der Waals surface area contributed by atoms with Gasteiger partial charge in [0.2, 0.25) is 0 Å². The Morgan fingerprint density at radius 1 is 1.06 bits per heavy atom. The lowest BCUT2D eigenvalue weighted by atomic mass is 9.85. The molecule has 0 bridgehead atoms. The van der Waals surface area contributed by atoms with Gasteiger partial charge in [-0.15, -0.1) is 0 Å². The van der Waals surface area contributed by atoms with Crippen molar-refractivity contribution in [3.8, 4) is 0 Å². The van der Waals surface area contributed by atoms with Crippen LogP contribution in [0.2, 0.25) is 0 Å². The second-order valence-corrected chi connectivity index (χ2v) is 5.50. The van der Waals surface area contributed by atoms with Crippen molar-refractivity contribution in [3.05, 3.63) is 35.4 Å². The van der Waals surface area contributed by atoms with E-state index in [4.69, 9.17) is 0 Å². The fourth-order valence-electron chi connectivity index (χ4n) is 1.82. The molecule has 2 heteroatoms. The largest absolute Gasteiger partial charge is 0.257 e. The first-order chi connectivity index (χ1) is 7.42. The van der Waals surface area contributed by atoms with E-state index in [9.17, 15) is 0 Å². The summed E-state index contributed by atoms with van der Waals surface area (Å²) in [6.45, 7) is 8.74. The Balaban J connectivity index is 2.33. The molecule has 0 amide bonds. The molecule has 16 heavy (non-hydrogen) atoms. The number of rotatable bonds is 1. The van der Waals surface area contributed by atoms with E-state index in [1.54, 1.807) is 6.34 Å². The maximum absolute atomic E-state index is 4.38. The Morgan fingerprint density at radius 3 is 2.12 bits per heavy atom. The average Bonchev–Trinajstić information content (AvgIpc) is 2.66. The van der Waals surface area contributed by atoms with E-state index in [-0.39, 0.29) is 11.0 Å². The van der Waals surface area contributed by atoms with Gasteiger partial charge in [0, 0.05) is 6.21 Å². The molecule has 1 atom stereocenters. The summed E-state index contributed by atoms with van der Waals surface area (Å²) in [6.07, 6.45) is 3.51. The smallest absolute Gasteiger partial charge is 0.120 e. The number of aliphatic imine (C=N–C) groups is 2. The predicted octanol–water partition coefficient (Wildman–Crippen LogP) is 3.31. The molecule has 0 saturated carbocycles. The summed E-state index contributed by atoms with van der Waals surface area (Å²) in [5.41, 5.74) is 2.47. The predicted molar refractivity (Wildman–Crippen MR) is 69.5 cm³/mol. The number of benzene rings is 1. The van der Waals surface area contributed by atoms with Gasteiger partial charge in [0.1, 0.15) is 11.9 Å². The topological polar surface area (TPSA) is 24.7 Å². The number of hydrogen-bond acceptors (Lipinski definition) is 2. The van der Waals surface area contributed by atoms with Crippen LogP contribution in [0.25, 0.3) is 0 Å². The van der Waals surface area contributed by atoms with Crippen LogP contribution in [0.4, 0.5) is 0 Å². The molecule has 0 aromatic heterocycles. The zero-order valence-electron chi connectivity index (χ0n) is 10.4. The third-order valence-corrected chi connectivity index (χ3v) is 3.05. The molecule has 1 aromatic carbocycles. The third-order valence-electron chi connectivity index (χ3n) is 3.05. The van der Waals surface area contributed by atoms with Gasteiger partial charge < -0.3 is 0 Å². The standard InChI is InChI=1S/C14H18N2/c1-13(2,3)11-5-7-12(8-6-11)14(4)9-15-10-16-14/h5-10H,1-4H3. The quantitative estimate of drug-likeness (QED) is 0.685. The Bertz CT molecular complexity index is 421. The summed E-state index contributed by atoms with van der Waals surface area (Å²) in [7, 11) is 0. The monoisotopic (exact) mass is 214 g/mol. The Labute approximate surface area is 97.1 Å². The summed E-state index contributed by atoms with van der Waals surface area (Å²) in [6, 6.07) is 8.66. The Morgan fingerprint density at radius 2 is 1.69 bits per heavy atom.